The van der Waals surface area contributed by atoms with E-state index in [1.165, 1.54) is 0 Å². The van der Waals surface area contributed by atoms with Gasteiger partial charge in [-0.15, -0.1) is 0 Å². The summed E-state index contributed by atoms with van der Waals surface area (Å²) in [4.78, 5) is 4.58. The van der Waals surface area contributed by atoms with Crippen molar-refractivity contribution in [3.05, 3.63) is 11.7 Å². The molecule has 0 saturated carbocycles. The molecule has 5 nitrogen and oxygen atoms in total. The van der Waals surface area contributed by atoms with Gasteiger partial charge in [0.05, 0.1) is 5.41 Å². The van der Waals surface area contributed by atoms with Gasteiger partial charge in [0.1, 0.15) is 5.60 Å². The number of nitrogens with zero attached hydrogens (tertiary/aromatic N) is 2. The van der Waals surface area contributed by atoms with Crippen molar-refractivity contribution in [2.75, 3.05) is 20.2 Å². The van der Waals surface area contributed by atoms with Crippen LogP contribution in [0.3, 0.4) is 0 Å². The molecule has 5 heteroatoms. The summed E-state index contributed by atoms with van der Waals surface area (Å²) in [6.45, 7) is 8.06. The number of methoxy groups -OCH3 is 1. The fourth-order valence-electron chi connectivity index (χ4n) is 2.38. The highest BCUT2D eigenvalue weighted by molar-refractivity contribution is 5.10. The van der Waals surface area contributed by atoms with Crippen molar-refractivity contribution in [3.63, 3.8) is 0 Å². The average molecular weight is 253 g/mol. The molecule has 1 atom stereocenters. The van der Waals surface area contributed by atoms with Gasteiger partial charge < -0.3 is 14.6 Å². The lowest BCUT2D eigenvalue weighted by Crippen LogP contribution is -2.43. The first-order valence-corrected chi connectivity index (χ1v) is 6.64. The quantitative estimate of drug-likeness (QED) is 0.889. The third-order valence-corrected chi connectivity index (χ3v) is 4.08. The molecule has 0 aliphatic carbocycles. The van der Waals surface area contributed by atoms with E-state index in [1.807, 2.05) is 13.8 Å². The largest absolute Gasteiger partial charge is 0.371 e. The van der Waals surface area contributed by atoms with Crippen LogP contribution in [-0.2, 0) is 15.8 Å². The maximum absolute atomic E-state index is 5.51. The van der Waals surface area contributed by atoms with Gasteiger partial charge in [-0.2, -0.15) is 4.98 Å². The van der Waals surface area contributed by atoms with Gasteiger partial charge in [-0.05, 0) is 39.7 Å². The molecule has 1 saturated heterocycles. The molecule has 1 aromatic heterocycles. The normalized spacial score (nSPS) is 25.3. The monoisotopic (exact) mass is 253 g/mol. The van der Waals surface area contributed by atoms with Gasteiger partial charge in [-0.25, -0.2) is 0 Å². The fourth-order valence-corrected chi connectivity index (χ4v) is 2.38. The van der Waals surface area contributed by atoms with Crippen LogP contribution >= 0.6 is 0 Å². The van der Waals surface area contributed by atoms with Gasteiger partial charge in [0.25, 0.3) is 0 Å². The number of aromatic nitrogens is 2. The summed E-state index contributed by atoms with van der Waals surface area (Å²) in [5.41, 5.74) is -0.508. The summed E-state index contributed by atoms with van der Waals surface area (Å²) in [7, 11) is 1.66. The van der Waals surface area contributed by atoms with Crippen molar-refractivity contribution < 1.29 is 9.26 Å². The Morgan fingerprint density at radius 1 is 1.50 bits per heavy atom. The number of hydrogen-bond acceptors (Lipinski definition) is 5. The summed E-state index contributed by atoms with van der Waals surface area (Å²) in [6.07, 6.45) is 3.26. The van der Waals surface area contributed by atoms with Crippen LogP contribution in [-0.4, -0.2) is 30.3 Å². The lowest BCUT2D eigenvalue weighted by atomic mass is 9.78. The van der Waals surface area contributed by atoms with E-state index in [-0.39, 0.29) is 5.41 Å². The maximum Gasteiger partial charge on any atom is 0.234 e. The van der Waals surface area contributed by atoms with Crippen molar-refractivity contribution in [2.45, 2.75) is 51.0 Å². The van der Waals surface area contributed by atoms with Crippen LogP contribution < -0.4 is 5.32 Å². The molecule has 0 radical (unpaired) electrons. The summed E-state index contributed by atoms with van der Waals surface area (Å²) in [5, 5.41) is 7.52. The van der Waals surface area contributed by atoms with Crippen LogP contribution in [0.1, 0.15) is 51.7 Å². The Morgan fingerprint density at radius 3 is 2.83 bits per heavy atom. The molecular weight excluding hydrogens is 230 g/mol. The minimum absolute atomic E-state index is 0.00663. The topological polar surface area (TPSA) is 60.2 Å². The van der Waals surface area contributed by atoms with Crippen molar-refractivity contribution in [2.24, 2.45) is 0 Å². The van der Waals surface area contributed by atoms with E-state index in [1.54, 1.807) is 7.11 Å². The second kappa shape index (κ2) is 4.97. The van der Waals surface area contributed by atoms with Gasteiger partial charge in [-0.3, -0.25) is 0 Å². The molecule has 1 aliphatic heterocycles. The van der Waals surface area contributed by atoms with Crippen LogP contribution in [0.25, 0.3) is 0 Å². The number of piperidine rings is 1. The van der Waals surface area contributed by atoms with Crippen molar-refractivity contribution in [1.29, 1.82) is 0 Å². The lowest BCUT2D eigenvalue weighted by Gasteiger charge is -2.33. The zero-order chi connectivity index (χ0) is 13.2. The van der Waals surface area contributed by atoms with Crippen LogP contribution in [0.4, 0.5) is 0 Å². The maximum atomic E-state index is 5.51. The Kier molecular flexibility index (Phi) is 3.73. The minimum Gasteiger partial charge on any atom is -0.371 e. The van der Waals surface area contributed by atoms with Gasteiger partial charge in [0, 0.05) is 13.7 Å². The number of rotatable bonds is 4. The van der Waals surface area contributed by atoms with Gasteiger partial charge in [0.2, 0.25) is 11.7 Å². The Bertz CT molecular complexity index is 395. The molecule has 1 aromatic rings. The first kappa shape index (κ1) is 13.5. The molecule has 2 rings (SSSR count). The molecule has 0 amide bonds. The Balaban J connectivity index is 2.28. The second-order valence-corrected chi connectivity index (χ2v) is 5.55. The number of ether oxygens (including phenoxy) is 1. The Hall–Kier alpha value is -0.940. The Morgan fingerprint density at radius 2 is 2.28 bits per heavy atom. The van der Waals surface area contributed by atoms with Gasteiger partial charge in [-0.1, -0.05) is 12.1 Å². The molecule has 1 unspecified atom stereocenters. The second-order valence-electron chi connectivity index (χ2n) is 5.55. The van der Waals surface area contributed by atoms with Gasteiger partial charge >= 0.3 is 0 Å². The molecule has 1 N–H and O–H groups in total. The van der Waals surface area contributed by atoms with Crippen LogP contribution in [0, 0.1) is 0 Å². The molecule has 18 heavy (non-hydrogen) atoms. The van der Waals surface area contributed by atoms with E-state index in [0.29, 0.717) is 5.82 Å². The van der Waals surface area contributed by atoms with E-state index in [4.69, 9.17) is 9.26 Å². The molecule has 0 aromatic carbocycles. The molecule has 1 aliphatic rings. The summed E-state index contributed by atoms with van der Waals surface area (Å²) >= 11 is 0. The predicted molar refractivity (Wildman–Crippen MR) is 68.4 cm³/mol. The lowest BCUT2D eigenvalue weighted by molar-refractivity contribution is 0.00973. The standard InChI is InChI=1S/C13H23N3O2/c1-5-13(7-6-8-14-9-13)11-15-10(16-18-11)12(2,3)17-4/h14H,5-9H2,1-4H3. The Labute approximate surface area is 108 Å². The minimum atomic E-state index is -0.501. The summed E-state index contributed by atoms with van der Waals surface area (Å²) < 4.78 is 10.9. The van der Waals surface area contributed by atoms with E-state index in [9.17, 15) is 0 Å². The van der Waals surface area contributed by atoms with E-state index >= 15 is 0 Å². The van der Waals surface area contributed by atoms with E-state index in [0.717, 1.165) is 38.2 Å². The summed E-state index contributed by atoms with van der Waals surface area (Å²) in [6, 6.07) is 0. The number of nitrogens with one attached hydrogen (secondary N) is 1. The highest BCUT2D eigenvalue weighted by atomic mass is 16.5. The van der Waals surface area contributed by atoms with Crippen LogP contribution in [0.15, 0.2) is 4.52 Å². The molecule has 0 spiro atoms. The van der Waals surface area contributed by atoms with Gasteiger partial charge in [0.15, 0.2) is 0 Å². The number of hydrogen-bond donors (Lipinski definition) is 1. The first-order valence-electron chi connectivity index (χ1n) is 6.64. The van der Waals surface area contributed by atoms with Crippen LogP contribution in [0.2, 0.25) is 0 Å². The third-order valence-electron chi connectivity index (χ3n) is 4.08. The van der Waals surface area contributed by atoms with E-state index < -0.39 is 5.60 Å². The molecule has 1 fully saturated rings. The molecule has 102 valence electrons. The molecule has 0 bridgehead atoms. The highest BCUT2D eigenvalue weighted by Crippen LogP contribution is 2.34. The predicted octanol–water partition coefficient (Wildman–Crippen LogP) is 1.98. The summed E-state index contributed by atoms with van der Waals surface area (Å²) in [5.74, 6) is 1.37. The zero-order valence-electron chi connectivity index (χ0n) is 11.7. The van der Waals surface area contributed by atoms with Crippen molar-refractivity contribution in [3.8, 4) is 0 Å². The smallest absolute Gasteiger partial charge is 0.234 e. The first-order chi connectivity index (χ1) is 8.54. The molecule has 2 heterocycles. The average Bonchev–Trinajstić information content (AvgIpc) is 2.90. The highest BCUT2D eigenvalue weighted by Gasteiger charge is 2.39. The fraction of sp³-hybridized carbons (Fsp3) is 0.846. The zero-order valence-corrected chi connectivity index (χ0v) is 11.7. The van der Waals surface area contributed by atoms with Crippen LogP contribution in [0.5, 0.6) is 0 Å². The van der Waals surface area contributed by atoms with E-state index in [2.05, 4.69) is 22.4 Å². The third kappa shape index (κ3) is 2.29. The molecular formula is C13H23N3O2. The van der Waals surface area contributed by atoms with Crippen molar-refractivity contribution >= 4 is 0 Å². The van der Waals surface area contributed by atoms with Crippen molar-refractivity contribution in [1.82, 2.24) is 15.5 Å². The SMILES string of the molecule is CCC1(c2nc(C(C)(C)OC)no2)CCCNC1.